The van der Waals surface area contributed by atoms with Gasteiger partial charge in [0, 0.05) is 18.4 Å². The maximum absolute atomic E-state index is 6.29. The molecular weight excluding hydrogens is 280 g/mol. The summed E-state index contributed by atoms with van der Waals surface area (Å²) in [5.41, 5.74) is 1.24. The van der Waals surface area contributed by atoms with Crippen molar-refractivity contribution in [2.24, 2.45) is 17.8 Å². The van der Waals surface area contributed by atoms with Crippen molar-refractivity contribution in [2.75, 3.05) is 6.54 Å². The van der Waals surface area contributed by atoms with E-state index in [0.717, 1.165) is 35.7 Å². The number of halogens is 1. The summed E-state index contributed by atoms with van der Waals surface area (Å²) in [6.07, 6.45) is 13.1. The van der Waals surface area contributed by atoms with Crippen LogP contribution in [0.1, 0.15) is 51.0 Å². The summed E-state index contributed by atoms with van der Waals surface area (Å²) in [7, 11) is 0. The Balaban J connectivity index is 1.62. The third-order valence-electron chi connectivity index (χ3n) is 5.48. The Morgan fingerprint density at radius 2 is 2.29 bits per heavy atom. The lowest BCUT2D eigenvalue weighted by Crippen LogP contribution is -2.35. The van der Waals surface area contributed by atoms with Gasteiger partial charge in [0.2, 0.25) is 0 Å². The van der Waals surface area contributed by atoms with E-state index in [1.807, 2.05) is 6.20 Å². The Labute approximate surface area is 133 Å². The molecule has 3 heteroatoms. The fourth-order valence-corrected chi connectivity index (χ4v) is 4.65. The first-order valence-corrected chi connectivity index (χ1v) is 8.95. The molecule has 1 heterocycles. The maximum Gasteiger partial charge on any atom is 0.0621 e. The molecule has 0 aromatic carbocycles. The highest BCUT2D eigenvalue weighted by atomic mass is 35.5. The molecule has 2 nitrogen and oxygen atoms in total. The van der Waals surface area contributed by atoms with E-state index in [-0.39, 0.29) is 0 Å². The molecule has 1 aromatic heterocycles. The highest BCUT2D eigenvalue weighted by Gasteiger charge is 2.40. The van der Waals surface area contributed by atoms with Gasteiger partial charge in [0.25, 0.3) is 0 Å². The molecular formula is C18H27ClN2. The molecule has 2 aliphatic rings. The highest BCUT2D eigenvalue weighted by molar-refractivity contribution is 6.31. The van der Waals surface area contributed by atoms with Crippen molar-refractivity contribution in [3.63, 3.8) is 0 Å². The first kappa shape index (κ1) is 15.3. The van der Waals surface area contributed by atoms with Crippen molar-refractivity contribution in [3.05, 3.63) is 29.0 Å². The molecule has 4 unspecified atom stereocenters. The smallest absolute Gasteiger partial charge is 0.0621 e. The van der Waals surface area contributed by atoms with Crippen molar-refractivity contribution in [2.45, 2.75) is 57.9 Å². The Hall–Kier alpha value is -0.600. The second-order valence-corrected chi connectivity index (χ2v) is 7.40. The minimum absolute atomic E-state index is 0.564. The molecule has 116 valence electrons. The van der Waals surface area contributed by atoms with Crippen LogP contribution in [0.3, 0.4) is 0 Å². The quantitative estimate of drug-likeness (QED) is 0.804. The fraction of sp³-hybridized carbons (Fsp3) is 0.722. The minimum atomic E-state index is 0.564. The van der Waals surface area contributed by atoms with Crippen molar-refractivity contribution in [3.8, 4) is 0 Å². The van der Waals surface area contributed by atoms with Crippen LogP contribution in [0.5, 0.6) is 0 Å². The van der Waals surface area contributed by atoms with E-state index in [0.29, 0.717) is 6.04 Å². The zero-order valence-electron chi connectivity index (χ0n) is 13.0. The zero-order chi connectivity index (χ0) is 14.7. The van der Waals surface area contributed by atoms with Crippen molar-refractivity contribution >= 4 is 11.6 Å². The lowest BCUT2D eigenvalue weighted by atomic mass is 9.83. The van der Waals surface area contributed by atoms with Crippen molar-refractivity contribution in [1.29, 1.82) is 0 Å². The van der Waals surface area contributed by atoms with E-state index in [4.69, 9.17) is 11.6 Å². The van der Waals surface area contributed by atoms with Crippen LogP contribution in [-0.2, 0) is 6.42 Å². The Morgan fingerprint density at radius 1 is 1.38 bits per heavy atom. The third kappa shape index (κ3) is 3.78. The molecule has 1 aromatic rings. The molecule has 4 atom stereocenters. The number of nitrogens with one attached hydrogen (secondary N) is 1. The molecule has 21 heavy (non-hydrogen) atoms. The predicted octanol–water partition coefficient (Wildman–Crippen LogP) is 4.47. The highest BCUT2D eigenvalue weighted by Crippen LogP contribution is 2.50. The van der Waals surface area contributed by atoms with Crippen molar-refractivity contribution < 1.29 is 0 Å². The van der Waals surface area contributed by atoms with Crippen LogP contribution in [0.15, 0.2) is 18.5 Å². The predicted molar refractivity (Wildman–Crippen MR) is 88.6 cm³/mol. The van der Waals surface area contributed by atoms with Gasteiger partial charge in [-0.3, -0.25) is 4.98 Å². The number of aromatic nitrogens is 1. The summed E-state index contributed by atoms with van der Waals surface area (Å²) in [5.74, 6) is 2.99. The number of fused-ring (bicyclic) bond motifs is 2. The van der Waals surface area contributed by atoms with E-state index in [1.54, 1.807) is 6.20 Å². The summed E-state index contributed by atoms with van der Waals surface area (Å²) in [6, 6.07) is 2.64. The molecule has 0 aliphatic heterocycles. The van der Waals surface area contributed by atoms with Crippen LogP contribution < -0.4 is 5.32 Å². The summed E-state index contributed by atoms with van der Waals surface area (Å²) in [6.45, 7) is 3.34. The van der Waals surface area contributed by atoms with E-state index in [2.05, 4.69) is 23.3 Å². The summed E-state index contributed by atoms with van der Waals surface area (Å²) >= 11 is 6.29. The number of pyridine rings is 1. The Kier molecular flexibility index (Phi) is 5.18. The van der Waals surface area contributed by atoms with Gasteiger partial charge in [-0.05, 0) is 74.5 Å². The van der Waals surface area contributed by atoms with Gasteiger partial charge in [-0.25, -0.2) is 0 Å². The SMILES string of the molecule is CCCNC(Cc1ccncc1Cl)CC1CC2CCC1C2. The number of hydrogen-bond donors (Lipinski definition) is 1. The van der Waals surface area contributed by atoms with Crippen LogP contribution in [0.2, 0.25) is 5.02 Å². The number of hydrogen-bond acceptors (Lipinski definition) is 2. The van der Waals surface area contributed by atoms with Crippen LogP contribution in [0.25, 0.3) is 0 Å². The maximum atomic E-state index is 6.29. The van der Waals surface area contributed by atoms with Gasteiger partial charge in [-0.1, -0.05) is 24.9 Å². The van der Waals surface area contributed by atoms with Gasteiger partial charge in [0.15, 0.2) is 0 Å². The first-order valence-electron chi connectivity index (χ1n) is 8.58. The van der Waals surface area contributed by atoms with E-state index in [9.17, 15) is 0 Å². The monoisotopic (exact) mass is 306 g/mol. The Morgan fingerprint density at radius 3 is 2.95 bits per heavy atom. The standard InChI is InChI=1S/C18H27ClN2/c1-2-6-21-17(10-15-5-7-20-12-18(15)19)11-16-9-13-3-4-14(16)8-13/h5,7,12-14,16-17,21H,2-4,6,8-11H2,1H3. The molecule has 2 aliphatic carbocycles. The van der Waals surface area contributed by atoms with Gasteiger partial charge in [-0.15, -0.1) is 0 Å². The first-order chi connectivity index (χ1) is 10.3. The minimum Gasteiger partial charge on any atom is -0.314 e. The van der Waals surface area contributed by atoms with Gasteiger partial charge in [-0.2, -0.15) is 0 Å². The normalized spacial score (nSPS) is 29.0. The second-order valence-electron chi connectivity index (χ2n) is 6.99. The van der Waals surface area contributed by atoms with Crippen LogP contribution >= 0.6 is 11.6 Å². The largest absolute Gasteiger partial charge is 0.314 e. The molecule has 0 saturated heterocycles. The van der Waals surface area contributed by atoms with Gasteiger partial charge >= 0.3 is 0 Å². The average molecular weight is 307 g/mol. The Bertz CT molecular complexity index is 462. The fourth-order valence-electron chi connectivity index (χ4n) is 4.45. The molecule has 0 radical (unpaired) electrons. The summed E-state index contributed by atoms with van der Waals surface area (Å²) in [4.78, 5) is 4.10. The average Bonchev–Trinajstić information content (AvgIpc) is 3.09. The lowest BCUT2D eigenvalue weighted by Gasteiger charge is -2.27. The van der Waals surface area contributed by atoms with E-state index < -0.39 is 0 Å². The van der Waals surface area contributed by atoms with Gasteiger partial charge in [0.1, 0.15) is 0 Å². The van der Waals surface area contributed by atoms with Gasteiger partial charge < -0.3 is 5.32 Å². The number of nitrogens with zero attached hydrogens (tertiary/aromatic N) is 1. The summed E-state index contributed by atoms with van der Waals surface area (Å²) in [5, 5.41) is 4.57. The molecule has 2 fully saturated rings. The van der Waals surface area contributed by atoms with E-state index >= 15 is 0 Å². The summed E-state index contributed by atoms with van der Waals surface area (Å²) < 4.78 is 0. The van der Waals surface area contributed by atoms with Crippen LogP contribution in [-0.4, -0.2) is 17.6 Å². The van der Waals surface area contributed by atoms with Crippen molar-refractivity contribution in [1.82, 2.24) is 10.3 Å². The topological polar surface area (TPSA) is 24.9 Å². The molecule has 2 bridgehead atoms. The second kappa shape index (κ2) is 7.11. The molecule has 2 saturated carbocycles. The molecule has 0 spiro atoms. The van der Waals surface area contributed by atoms with Crippen LogP contribution in [0.4, 0.5) is 0 Å². The zero-order valence-corrected chi connectivity index (χ0v) is 13.8. The molecule has 3 rings (SSSR count). The third-order valence-corrected chi connectivity index (χ3v) is 5.82. The number of rotatable bonds is 7. The molecule has 0 amide bonds. The van der Waals surface area contributed by atoms with Crippen LogP contribution in [0, 0.1) is 17.8 Å². The molecule has 1 N–H and O–H groups in total. The van der Waals surface area contributed by atoms with Gasteiger partial charge in [0.05, 0.1) is 5.02 Å². The lowest BCUT2D eigenvalue weighted by molar-refractivity contribution is 0.276. The van der Waals surface area contributed by atoms with E-state index in [1.165, 1.54) is 44.1 Å².